The van der Waals surface area contributed by atoms with E-state index in [1.807, 2.05) is 41.2 Å². The molecule has 0 saturated heterocycles. The lowest BCUT2D eigenvalue weighted by Gasteiger charge is -2.07. The minimum Gasteiger partial charge on any atom is -0.481 e. The molecule has 0 spiro atoms. The van der Waals surface area contributed by atoms with Gasteiger partial charge in [-0.15, -0.1) is 0 Å². The van der Waals surface area contributed by atoms with Crippen LogP contribution in [0.25, 0.3) is 5.69 Å². The second kappa shape index (κ2) is 5.96. The first-order valence-corrected chi connectivity index (χ1v) is 7.21. The zero-order chi connectivity index (χ0) is 16.4. The van der Waals surface area contributed by atoms with E-state index in [9.17, 15) is 9.59 Å². The number of carboxylic acids is 1. The molecule has 0 aliphatic carbocycles. The third kappa shape index (κ3) is 2.94. The van der Waals surface area contributed by atoms with Crippen molar-refractivity contribution >= 4 is 11.8 Å². The van der Waals surface area contributed by atoms with Crippen LogP contribution in [0, 0.1) is 0 Å². The van der Waals surface area contributed by atoms with Crippen molar-refractivity contribution in [3.05, 3.63) is 77.9 Å². The molecule has 0 bridgehead atoms. The Balaban J connectivity index is 1.86. The van der Waals surface area contributed by atoms with Crippen molar-refractivity contribution in [3.63, 3.8) is 0 Å². The van der Waals surface area contributed by atoms with Crippen LogP contribution in [-0.4, -0.2) is 26.0 Å². The maximum Gasteiger partial charge on any atom is 0.309 e. The van der Waals surface area contributed by atoms with Crippen LogP contribution < -0.4 is 0 Å². The van der Waals surface area contributed by atoms with E-state index in [1.165, 1.54) is 0 Å². The summed E-state index contributed by atoms with van der Waals surface area (Å²) in [4.78, 5) is 23.4. The molecule has 3 rings (SSSR count). The number of benzene rings is 1. The summed E-state index contributed by atoms with van der Waals surface area (Å²) in [5.41, 5.74) is 2.63. The molecule has 0 radical (unpaired) electrons. The van der Waals surface area contributed by atoms with Gasteiger partial charge >= 0.3 is 5.97 Å². The van der Waals surface area contributed by atoms with Crippen molar-refractivity contribution < 1.29 is 14.7 Å². The highest BCUT2D eigenvalue weighted by atomic mass is 16.4. The van der Waals surface area contributed by atoms with Crippen LogP contribution in [0.2, 0.25) is 0 Å². The number of aliphatic carboxylic acids is 1. The van der Waals surface area contributed by atoms with E-state index in [2.05, 4.69) is 0 Å². The predicted molar refractivity (Wildman–Crippen MR) is 86.0 cm³/mol. The van der Waals surface area contributed by atoms with Gasteiger partial charge in [-0.3, -0.25) is 9.59 Å². The highest BCUT2D eigenvalue weighted by molar-refractivity contribution is 6.08. The Kier molecular flexibility index (Phi) is 3.85. The fraction of sp³-hybridized carbons (Fsp3) is 0.111. The Hall–Kier alpha value is -3.08. The molecular weight excluding hydrogens is 292 g/mol. The largest absolute Gasteiger partial charge is 0.481 e. The third-order valence-electron chi connectivity index (χ3n) is 3.82. The molecule has 0 amide bonds. The number of aromatic nitrogens is 2. The number of carbonyl (C=O) groups excluding carboxylic acids is 1. The molecule has 23 heavy (non-hydrogen) atoms. The molecule has 116 valence electrons. The number of carbonyl (C=O) groups is 2. The number of carboxylic acid groups (broad SMARTS) is 1. The van der Waals surface area contributed by atoms with Crippen LogP contribution in [-0.2, 0) is 18.3 Å². The van der Waals surface area contributed by atoms with Crippen molar-refractivity contribution in [3.8, 4) is 5.69 Å². The molecule has 1 aromatic carbocycles. The fourth-order valence-electron chi connectivity index (χ4n) is 2.55. The van der Waals surface area contributed by atoms with Crippen molar-refractivity contribution in [2.75, 3.05) is 0 Å². The summed E-state index contributed by atoms with van der Waals surface area (Å²) in [7, 11) is 1.71. The smallest absolute Gasteiger partial charge is 0.309 e. The lowest BCUT2D eigenvalue weighted by Crippen LogP contribution is -2.11. The summed E-state index contributed by atoms with van der Waals surface area (Å²) in [5.74, 6) is -1.04. The normalized spacial score (nSPS) is 10.7. The number of rotatable bonds is 5. The molecule has 3 aromatic rings. The average Bonchev–Trinajstić information content (AvgIpc) is 3.18. The van der Waals surface area contributed by atoms with Crippen LogP contribution in [0.4, 0.5) is 0 Å². The first-order chi connectivity index (χ1) is 11.1. The minimum absolute atomic E-state index is 0.101. The average molecular weight is 308 g/mol. The molecular formula is C18H16N2O3. The maximum absolute atomic E-state index is 12.6. The van der Waals surface area contributed by atoms with Crippen molar-refractivity contribution in [2.24, 2.45) is 7.05 Å². The monoisotopic (exact) mass is 308 g/mol. The van der Waals surface area contributed by atoms with Gasteiger partial charge in [0, 0.05) is 36.4 Å². The highest BCUT2D eigenvalue weighted by Gasteiger charge is 2.16. The summed E-state index contributed by atoms with van der Waals surface area (Å²) in [5, 5.41) is 8.88. The predicted octanol–water partition coefficient (Wildman–Crippen LogP) is 2.67. The van der Waals surface area contributed by atoms with E-state index < -0.39 is 5.97 Å². The Morgan fingerprint density at radius 1 is 1.00 bits per heavy atom. The quantitative estimate of drug-likeness (QED) is 0.737. The van der Waals surface area contributed by atoms with Gasteiger partial charge in [-0.05, 0) is 48.5 Å². The molecule has 0 fully saturated rings. The zero-order valence-electron chi connectivity index (χ0n) is 12.6. The lowest BCUT2D eigenvalue weighted by molar-refractivity contribution is -0.136. The van der Waals surface area contributed by atoms with Gasteiger partial charge in [0.1, 0.15) is 0 Å². The minimum atomic E-state index is -0.915. The summed E-state index contributed by atoms with van der Waals surface area (Å²) in [6.45, 7) is 0. The molecule has 0 saturated carbocycles. The summed E-state index contributed by atoms with van der Waals surface area (Å²) < 4.78 is 3.60. The van der Waals surface area contributed by atoms with Crippen LogP contribution in [0.3, 0.4) is 0 Å². The van der Waals surface area contributed by atoms with E-state index >= 15 is 0 Å². The van der Waals surface area contributed by atoms with Gasteiger partial charge < -0.3 is 14.2 Å². The van der Waals surface area contributed by atoms with Crippen molar-refractivity contribution in [1.82, 2.24) is 9.13 Å². The van der Waals surface area contributed by atoms with E-state index in [1.54, 1.807) is 35.9 Å². The van der Waals surface area contributed by atoms with Crippen molar-refractivity contribution in [1.29, 1.82) is 0 Å². The van der Waals surface area contributed by atoms with E-state index in [-0.39, 0.29) is 12.2 Å². The summed E-state index contributed by atoms with van der Waals surface area (Å²) in [6, 6.07) is 14.5. The standard InChI is InChI=1S/C18H16N2O3/c1-19-15(12-17(21)22)8-9-16(19)18(23)13-4-6-14(7-5-13)20-10-2-3-11-20/h2-11H,12H2,1H3,(H,21,22). The molecule has 0 unspecified atom stereocenters. The molecule has 0 aliphatic heterocycles. The van der Waals surface area contributed by atoms with Crippen molar-refractivity contribution in [2.45, 2.75) is 6.42 Å². The Labute approximate surface area is 133 Å². The summed E-state index contributed by atoms with van der Waals surface area (Å²) in [6.07, 6.45) is 3.77. The molecule has 0 aliphatic rings. The third-order valence-corrected chi connectivity index (χ3v) is 3.82. The molecule has 1 N–H and O–H groups in total. The highest BCUT2D eigenvalue weighted by Crippen LogP contribution is 2.16. The van der Waals surface area contributed by atoms with Gasteiger partial charge in [-0.2, -0.15) is 0 Å². The number of hydrogen-bond donors (Lipinski definition) is 1. The van der Waals surface area contributed by atoms with E-state index in [4.69, 9.17) is 5.11 Å². The van der Waals surface area contributed by atoms with Gasteiger partial charge in [-0.1, -0.05) is 0 Å². The first kappa shape index (κ1) is 14.8. The Morgan fingerprint density at radius 3 is 2.26 bits per heavy atom. The molecule has 2 heterocycles. The second-order valence-electron chi connectivity index (χ2n) is 5.31. The number of ketones is 1. The number of nitrogens with zero attached hydrogens (tertiary/aromatic N) is 2. The SMILES string of the molecule is Cn1c(CC(=O)O)ccc1C(=O)c1ccc(-n2cccc2)cc1. The first-order valence-electron chi connectivity index (χ1n) is 7.21. The van der Waals surface area contributed by atoms with Crippen LogP contribution in [0.5, 0.6) is 0 Å². The number of hydrogen-bond acceptors (Lipinski definition) is 2. The lowest BCUT2D eigenvalue weighted by atomic mass is 10.1. The van der Waals surface area contributed by atoms with Gasteiger partial charge in [0.2, 0.25) is 5.78 Å². The van der Waals surface area contributed by atoms with Gasteiger partial charge in [0.15, 0.2) is 0 Å². The fourth-order valence-corrected chi connectivity index (χ4v) is 2.55. The van der Waals surface area contributed by atoms with Gasteiger partial charge in [0.25, 0.3) is 0 Å². The van der Waals surface area contributed by atoms with Crippen LogP contribution >= 0.6 is 0 Å². The van der Waals surface area contributed by atoms with Gasteiger partial charge in [-0.25, -0.2) is 0 Å². The topological polar surface area (TPSA) is 64.2 Å². The van der Waals surface area contributed by atoms with E-state index in [0.717, 1.165) is 5.69 Å². The maximum atomic E-state index is 12.6. The van der Waals surface area contributed by atoms with E-state index in [0.29, 0.717) is 17.0 Å². The second-order valence-corrected chi connectivity index (χ2v) is 5.31. The Bertz CT molecular complexity index is 843. The Morgan fingerprint density at radius 2 is 1.65 bits per heavy atom. The molecule has 0 atom stereocenters. The molecule has 5 heteroatoms. The molecule has 5 nitrogen and oxygen atoms in total. The van der Waals surface area contributed by atoms with Gasteiger partial charge in [0.05, 0.1) is 12.1 Å². The van der Waals surface area contributed by atoms with Crippen LogP contribution in [0.15, 0.2) is 60.9 Å². The summed E-state index contributed by atoms with van der Waals surface area (Å²) >= 11 is 0. The molecule has 2 aromatic heterocycles. The zero-order valence-corrected chi connectivity index (χ0v) is 12.6. The van der Waals surface area contributed by atoms with Crippen LogP contribution in [0.1, 0.15) is 21.7 Å².